The Morgan fingerprint density at radius 1 is 1.17 bits per heavy atom. The maximum absolute atomic E-state index is 12.6. The Bertz CT molecular complexity index is 1060. The van der Waals surface area contributed by atoms with Crippen LogP contribution in [0.1, 0.15) is 15.9 Å². The van der Waals surface area contributed by atoms with Crippen LogP contribution >= 0.6 is 11.6 Å². The summed E-state index contributed by atoms with van der Waals surface area (Å²) in [5.74, 6) is -0.241. The smallest absolute Gasteiger partial charge is 0.270 e. The molecule has 2 aromatic carbocycles. The number of hydrogen-bond acceptors (Lipinski definition) is 4. The first-order chi connectivity index (χ1) is 11.1. The molecule has 0 amide bonds. The molecule has 0 aliphatic heterocycles. The van der Waals surface area contributed by atoms with E-state index in [1.54, 1.807) is 42.5 Å². The highest BCUT2D eigenvalue weighted by atomic mass is 35.5. The van der Waals surface area contributed by atoms with Gasteiger partial charge in [-0.15, -0.1) is 0 Å². The van der Waals surface area contributed by atoms with Crippen LogP contribution in [0.5, 0.6) is 0 Å². The number of hydrogen-bond donors (Lipinski definition) is 0. The van der Waals surface area contributed by atoms with Crippen molar-refractivity contribution in [2.45, 2.75) is 0 Å². The lowest BCUT2D eigenvalue weighted by Gasteiger charge is -2.03. The van der Waals surface area contributed by atoms with E-state index in [1.807, 2.05) is 6.07 Å². The highest BCUT2D eigenvalue weighted by Crippen LogP contribution is 2.20. The number of benzene rings is 2. The van der Waals surface area contributed by atoms with Crippen molar-refractivity contribution in [3.63, 3.8) is 0 Å². The molecule has 2 heterocycles. The van der Waals surface area contributed by atoms with Crippen LogP contribution in [0, 0.1) is 5.21 Å². The van der Waals surface area contributed by atoms with E-state index in [2.05, 4.69) is 10.2 Å². The molecule has 6 nitrogen and oxygen atoms in total. The van der Waals surface area contributed by atoms with Crippen LogP contribution < -0.4 is 4.85 Å². The van der Waals surface area contributed by atoms with Gasteiger partial charge in [-0.05, 0) is 17.0 Å². The molecule has 0 aliphatic rings. The summed E-state index contributed by atoms with van der Waals surface area (Å²) in [6, 6.07) is 13.6. The van der Waals surface area contributed by atoms with Gasteiger partial charge in [-0.3, -0.25) is 4.79 Å². The largest absolute Gasteiger partial charge is 0.594 e. The zero-order chi connectivity index (χ0) is 16.0. The third kappa shape index (κ3) is 2.11. The number of halogens is 1. The van der Waals surface area contributed by atoms with E-state index < -0.39 is 0 Å². The third-order valence-corrected chi connectivity index (χ3v) is 3.82. The first-order valence-electron chi connectivity index (χ1n) is 6.82. The second-order valence-electron chi connectivity index (χ2n) is 4.99. The Hall–Kier alpha value is -2.99. The molecular formula is C16H9ClN4O2. The van der Waals surface area contributed by atoms with Gasteiger partial charge in [0.2, 0.25) is 5.65 Å². The summed E-state index contributed by atoms with van der Waals surface area (Å²) in [6.45, 7) is 0. The number of aromatic nitrogens is 4. The first-order valence-corrected chi connectivity index (χ1v) is 7.19. The molecule has 0 radical (unpaired) electrons. The van der Waals surface area contributed by atoms with Crippen molar-refractivity contribution in [1.82, 2.24) is 14.7 Å². The molecule has 0 atom stereocenters. The Balaban J connectivity index is 2.00. The molecule has 7 heteroatoms. The Kier molecular flexibility index (Phi) is 2.99. The molecule has 0 aliphatic carbocycles. The van der Waals surface area contributed by atoms with Crippen molar-refractivity contribution in [3.05, 3.63) is 76.1 Å². The van der Waals surface area contributed by atoms with E-state index in [4.69, 9.17) is 11.6 Å². The fraction of sp³-hybridized carbons (Fsp3) is 0. The topological polar surface area (TPSA) is 74.2 Å². The average molecular weight is 325 g/mol. The van der Waals surface area contributed by atoms with Crippen LogP contribution in [0.3, 0.4) is 0 Å². The SMILES string of the molecule is O=C(c1ccccc1)c1cnn2c1n[n+]([O-])c1ccc(Cl)cc12. The van der Waals surface area contributed by atoms with Gasteiger partial charge >= 0.3 is 0 Å². The highest BCUT2D eigenvalue weighted by molar-refractivity contribution is 6.31. The number of rotatable bonds is 2. The van der Waals surface area contributed by atoms with E-state index in [0.29, 0.717) is 26.5 Å². The molecule has 4 aromatic rings. The zero-order valence-corrected chi connectivity index (χ0v) is 12.4. The molecule has 23 heavy (non-hydrogen) atoms. The second-order valence-corrected chi connectivity index (χ2v) is 5.43. The fourth-order valence-electron chi connectivity index (χ4n) is 2.49. The molecular weight excluding hydrogens is 316 g/mol. The average Bonchev–Trinajstić information content (AvgIpc) is 2.99. The highest BCUT2D eigenvalue weighted by Gasteiger charge is 2.21. The molecule has 0 fully saturated rings. The lowest BCUT2D eigenvalue weighted by molar-refractivity contribution is -0.640. The van der Waals surface area contributed by atoms with Crippen LogP contribution in [0.4, 0.5) is 0 Å². The molecule has 112 valence electrons. The number of carbonyl (C=O) groups is 1. The van der Waals surface area contributed by atoms with E-state index in [-0.39, 0.29) is 17.0 Å². The van der Waals surface area contributed by atoms with E-state index >= 15 is 0 Å². The number of ketones is 1. The van der Waals surface area contributed by atoms with Gasteiger partial charge in [0.05, 0.1) is 11.8 Å². The minimum absolute atomic E-state index is 0.198. The van der Waals surface area contributed by atoms with Crippen LogP contribution in [0.2, 0.25) is 5.02 Å². The third-order valence-electron chi connectivity index (χ3n) is 3.58. The van der Waals surface area contributed by atoms with Crippen molar-refractivity contribution >= 4 is 34.1 Å². The predicted octanol–water partition coefficient (Wildman–Crippen LogP) is 2.40. The maximum atomic E-state index is 12.6. The Morgan fingerprint density at radius 3 is 2.74 bits per heavy atom. The van der Waals surface area contributed by atoms with E-state index in [1.165, 1.54) is 10.7 Å². The Morgan fingerprint density at radius 2 is 1.96 bits per heavy atom. The van der Waals surface area contributed by atoms with Crippen molar-refractivity contribution < 1.29 is 9.64 Å². The summed E-state index contributed by atoms with van der Waals surface area (Å²) in [7, 11) is 0. The lowest BCUT2D eigenvalue weighted by atomic mass is 10.1. The van der Waals surface area contributed by atoms with Crippen molar-refractivity contribution in [1.29, 1.82) is 0 Å². The summed E-state index contributed by atoms with van der Waals surface area (Å²) in [5, 5.41) is 20.7. The molecule has 0 bridgehead atoms. The minimum Gasteiger partial charge on any atom is -0.594 e. The fourth-order valence-corrected chi connectivity index (χ4v) is 2.65. The van der Waals surface area contributed by atoms with Gasteiger partial charge in [0.1, 0.15) is 5.52 Å². The minimum atomic E-state index is -0.241. The van der Waals surface area contributed by atoms with Crippen molar-refractivity contribution in [3.8, 4) is 0 Å². The molecule has 0 N–H and O–H groups in total. The van der Waals surface area contributed by atoms with Gasteiger partial charge < -0.3 is 5.21 Å². The number of nitrogens with zero attached hydrogens (tertiary/aromatic N) is 4. The molecule has 0 saturated heterocycles. The molecule has 0 saturated carbocycles. The van der Waals surface area contributed by atoms with Crippen molar-refractivity contribution in [2.24, 2.45) is 0 Å². The summed E-state index contributed by atoms with van der Waals surface area (Å²) in [5.41, 5.74) is 1.78. The molecule has 2 aromatic heterocycles. The maximum Gasteiger partial charge on any atom is 0.270 e. The number of carbonyl (C=O) groups excluding carboxylic acids is 1. The lowest BCUT2D eigenvalue weighted by Crippen LogP contribution is -2.33. The zero-order valence-electron chi connectivity index (χ0n) is 11.7. The van der Waals surface area contributed by atoms with E-state index in [9.17, 15) is 10.0 Å². The monoisotopic (exact) mass is 324 g/mol. The summed E-state index contributed by atoms with van der Waals surface area (Å²) >= 11 is 6.00. The van der Waals surface area contributed by atoms with Crippen LogP contribution in [-0.4, -0.2) is 20.5 Å². The molecule has 0 unspecified atom stereocenters. The van der Waals surface area contributed by atoms with Crippen LogP contribution in [0.25, 0.3) is 16.7 Å². The molecule has 4 rings (SSSR count). The Labute approximate surface area is 135 Å². The summed E-state index contributed by atoms with van der Waals surface area (Å²) < 4.78 is 1.45. The van der Waals surface area contributed by atoms with Gasteiger partial charge in [-0.25, -0.2) is 4.52 Å². The van der Waals surface area contributed by atoms with Gasteiger partial charge in [0.25, 0.3) is 5.52 Å². The van der Waals surface area contributed by atoms with Gasteiger partial charge in [0.15, 0.2) is 5.78 Å². The van der Waals surface area contributed by atoms with Crippen molar-refractivity contribution in [2.75, 3.05) is 0 Å². The first kappa shape index (κ1) is 13.7. The summed E-state index contributed by atoms with van der Waals surface area (Å²) in [6.07, 6.45) is 1.41. The standard InChI is InChI=1S/C16H9ClN4O2/c17-11-6-7-13-14(8-11)20-16(19-21(13)23)12(9-18-20)15(22)10-4-2-1-3-5-10/h1-9H. The normalized spacial score (nSPS) is 11.2. The van der Waals surface area contributed by atoms with Gasteiger partial charge in [-0.1, -0.05) is 41.9 Å². The van der Waals surface area contributed by atoms with Gasteiger partial charge in [0, 0.05) is 21.8 Å². The molecule has 0 spiro atoms. The number of fused-ring (bicyclic) bond motifs is 3. The second kappa shape index (κ2) is 5.03. The van der Waals surface area contributed by atoms with Crippen LogP contribution in [-0.2, 0) is 0 Å². The summed E-state index contributed by atoms with van der Waals surface area (Å²) in [4.78, 5) is 13.1. The van der Waals surface area contributed by atoms with Crippen LogP contribution in [0.15, 0.2) is 54.7 Å². The quantitative estimate of drug-likeness (QED) is 0.322. The van der Waals surface area contributed by atoms with E-state index in [0.717, 1.165) is 0 Å². The van der Waals surface area contributed by atoms with Gasteiger partial charge in [-0.2, -0.15) is 5.10 Å². The predicted molar refractivity (Wildman–Crippen MR) is 84.3 cm³/mol.